The van der Waals surface area contributed by atoms with Crippen molar-refractivity contribution in [3.05, 3.63) is 65.9 Å². The molecule has 116 valence electrons. The van der Waals surface area contributed by atoms with Crippen LogP contribution in [0.3, 0.4) is 0 Å². The average Bonchev–Trinajstić information content (AvgIpc) is 2.93. The van der Waals surface area contributed by atoms with Crippen LogP contribution in [0.1, 0.15) is 11.1 Å². The van der Waals surface area contributed by atoms with Crippen LogP contribution in [0.15, 0.2) is 64.9 Å². The van der Waals surface area contributed by atoms with Gasteiger partial charge in [-0.05, 0) is 17.2 Å². The number of hydrogen-bond donors (Lipinski definition) is 1. The molecule has 0 radical (unpaired) electrons. The van der Waals surface area contributed by atoms with Crippen LogP contribution >= 0.6 is 11.8 Å². The number of aromatic nitrogens is 2. The van der Waals surface area contributed by atoms with Gasteiger partial charge in [0.15, 0.2) is 5.17 Å². The minimum Gasteiger partial charge on any atom is -0.377 e. The van der Waals surface area contributed by atoms with Gasteiger partial charge in [0.1, 0.15) is 0 Å². The number of hydrogen-bond acceptors (Lipinski definition) is 4. The van der Waals surface area contributed by atoms with E-state index < -0.39 is 0 Å². The SMILES string of the molecule is Cn1cc2ccc(C=NN=C(N)SCc3ccccc3)cc2n1. The van der Waals surface area contributed by atoms with Crippen molar-refractivity contribution < 1.29 is 0 Å². The maximum atomic E-state index is 5.86. The zero-order valence-electron chi connectivity index (χ0n) is 12.8. The van der Waals surface area contributed by atoms with Gasteiger partial charge < -0.3 is 5.73 Å². The lowest BCUT2D eigenvalue weighted by Crippen LogP contribution is -2.05. The number of nitrogens with two attached hydrogens (primary N) is 1. The maximum absolute atomic E-state index is 5.86. The van der Waals surface area contributed by atoms with Gasteiger partial charge in [-0.2, -0.15) is 10.2 Å². The first kappa shape index (κ1) is 15.3. The Morgan fingerprint density at radius 1 is 1.26 bits per heavy atom. The van der Waals surface area contributed by atoms with Gasteiger partial charge in [-0.1, -0.05) is 54.2 Å². The molecule has 0 aliphatic heterocycles. The molecule has 3 rings (SSSR count). The van der Waals surface area contributed by atoms with E-state index in [-0.39, 0.29) is 0 Å². The van der Waals surface area contributed by atoms with Crippen LogP contribution in [0.25, 0.3) is 10.9 Å². The highest BCUT2D eigenvalue weighted by Crippen LogP contribution is 2.13. The van der Waals surface area contributed by atoms with E-state index in [1.807, 2.05) is 49.6 Å². The van der Waals surface area contributed by atoms with E-state index in [4.69, 9.17) is 5.73 Å². The van der Waals surface area contributed by atoms with E-state index in [1.165, 1.54) is 17.3 Å². The summed E-state index contributed by atoms with van der Waals surface area (Å²) in [4.78, 5) is 0. The second-order valence-electron chi connectivity index (χ2n) is 5.08. The van der Waals surface area contributed by atoms with Gasteiger partial charge in [-0.25, -0.2) is 0 Å². The molecule has 1 aromatic heterocycles. The maximum Gasteiger partial charge on any atom is 0.180 e. The lowest BCUT2D eigenvalue weighted by Gasteiger charge is -1.99. The number of aryl methyl sites for hydroxylation is 1. The highest BCUT2D eigenvalue weighted by atomic mass is 32.2. The lowest BCUT2D eigenvalue weighted by atomic mass is 10.2. The molecular weight excluding hydrogens is 306 g/mol. The van der Waals surface area contributed by atoms with Crippen molar-refractivity contribution in [3.63, 3.8) is 0 Å². The van der Waals surface area contributed by atoms with Crippen molar-refractivity contribution in [1.82, 2.24) is 9.78 Å². The second kappa shape index (κ2) is 7.11. The van der Waals surface area contributed by atoms with E-state index >= 15 is 0 Å². The van der Waals surface area contributed by atoms with Crippen LogP contribution in [0.4, 0.5) is 0 Å². The van der Waals surface area contributed by atoms with Gasteiger partial charge >= 0.3 is 0 Å². The molecule has 6 heteroatoms. The van der Waals surface area contributed by atoms with Gasteiger partial charge in [-0.3, -0.25) is 4.68 Å². The quantitative estimate of drug-likeness (QED) is 0.455. The topological polar surface area (TPSA) is 68.6 Å². The zero-order chi connectivity index (χ0) is 16.1. The van der Waals surface area contributed by atoms with Gasteiger partial charge in [0.05, 0.1) is 11.7 Å². The summed E-state index contributed by atoms with van der Waals surface area (Å²) in [6.07, 6.45) is 3.66. The zero-order valence-corrected chi connectivity index (χ0v) is 13.6. The van der Waals surface area contributed by atoms with E-state index in [0.717, 1.165) is 22.2 Å². The average molecular weight is 323 g/mol. The smallest absolute Gasteiger partial charge is 0.180 e. The first-order valence-corrected chi connectivity index (χ1v) is 8.16. The number of amidine groups is 1. The lowest BCUT2D eigenvalue weighted by molar-refractivity contribution is 0.780. The van der Waals surface area contributed by atoms with E-state index in [0.29, 0.717) is 5.17 Å². The van der Waals surface area contributed by atoms with Crippen molar-refractivity contribution >= 4 is 34.0 Å². The Hall–Kier alpha value is -2.60. The molecule has 1 heterocycles. The molecule has 0 aliphatic carbocycles. The largest absolute Gasteiger partial charge is 0.377 e. The van der Waals surface area contributed by atoms with Crippen LogP contribution < -0.4 is 5.73 Å². The van der Waals surface area contributed by atoms with Crippen molar-refractivity contribution in [2.75, 3.05) is 0 Å². The molecule has 2 N–H and O–H groups in total. The van der Waals surface area contributed by atoms with Crippen molar-refractivity contribution in [1.29, 1.82) is 0 Å². The van der Waals surface area contributed by atoms with E-state index in [2.05, 4.69) is 27.4 Å². The molecule has 0 aliphatic rings. The first-order chi connectivity index (χ1) is 11.2. The highest BCUT2D eigenvalue weighted by molar-refractivity contribution is 8.13. The Morgan fingerprint density at radius 2 is 2.09 bits per heavy atom. The van der Waals surface area contributed by atoms with Crippen LogP contribution in [-0.2, 0) is 12.8 Å². The molecule has 0 amide bonds. The monoisotopic (exact) mass is 323 g/mol. The van der Waals surface area contributed by atoms with Gasteiger partial charge in [0.25, 0.3) is 0 Å². The predicted octanol–water partition coefficient (Wildman–Crippen LogP) is 3.16. The number of fused-ring (bicyclic) bond motifs is 1. The fraction of sp³-hybridized carbons (Fsp3) is 0.118. The highest BCUT2D eigenvalue weighted by Gasteiger charge is 1.99. The normalized spacial score (nSPS) is 12.3. The molecule has 2 aromatic carbocycles. The molecular formula is C17H17N5S. The molecule has 0 spiro atoms. The minimum absolute atomic E-state index is 0.448. The third kappa shape index (κ3) is 4.20. The number of rotatable bonds is 4. The summed E-state index contributed by atoms with van der Waals surface area (Å²) in [5.41, 5.74) is 8.95. The van der Waals surface area contributed by atoms with Crippen molar-refractivity contribution in [3.8, 4) is 0 Å². The number of thioether (sulfide) groups is 1. The summed E-state index contributed by atoms with van der Waals surface area (Å²) in [5.74, 6) is 0.783. The Labute approximate surface area is 138 Å². The fourth-order valence-corrected chi connectivity index (χ4v) is 2.76. The summed E-state index contributed by atoms with van der Waals surface area (Å²) in [7, 11) is 1.91. The predicted molar refractivity (Wildman–Crippen MR) is 97.7 cm³/mol. The van der Waals surface area contributed by atoms with Crippen LogP contribution in [0.2, 0.25) is 0 Å². The molecule has 23 heavy (non-hydrogen) atoms. The molecule has 0 saturated carbocycles. The molecule has 0 fully saturated rings. The first-order valence-electron chi connectivity index (χ1n) is 7.17. The van der Waals surface area contributed by atoms with Gasteiger partial charge in [0, 0.05) is 24.4 Å². The second-order valence-corrected chi connectivity index (χ2v) is 6.07. The number of nitrogens with zero attached hydrogens (tertiary/aromatic N) is 4. The summed E-state index contributed by atoms with van der Waals surface area (Å²) >= 11 is 1.47. The summed E-state index contributed by atoms with van der Waals surface area (Å²) in [5, 5.41) is 14.0. The molecule has 0 bridgehead atoms. The molecule has 0 unspecified atom stereocenters. The minimum atomic E-state index is 0.448. The van der Waals surface area contributed by atoms with E-state index in [9.17, 15) is 0 Å². The summed E-state index contributed by atoms with van der Waals surface area (Å²) in [6.45, 7) is 0. The van der Waals surface area contributed by atoms with Gasteiger partial charge in [-0.15, -0.1) is 5.10 Å². The number of benzene rings is 2. The third-order valence-electron chi connectivity index (χ3n) is 3.24. The Morgan fingerprint density at radius 3 is 2.91 bits per heavy atom. The Balaban J connectivity index is 1.61. The summed E-state index contributed by atoms with van der Waals surface area (Å²) in [6, 6.07) is 16.1. The Bertz CT molecular complexity index is 852. The van der Waals surface area contributed by atoms with Crippen molar-refractivity contribution in [2.24, 2.45) is 23.0 Å². The van der Waals surface area contributed by atoms with E-state index in [1.54, 1.807) is 10.9 Å². The third-order valence-corrected chi connectivity index (χ3v) is 4.09. The van der Waals surface area contributed by atoms with Crippen LogP contribution in [-0.4, -0.2) is 21.2 Å². The summed E-state index contributed by atoms with van der Waals surface area (Å²) < 4.78 is 1.79. The van der Waals surface area contributed by atoms with Crippen LogP contribution in [0.5, 0.6) is 0 Å². The van der Waals surface area contributed by atoms with Crippen LogP contribution in [0, 0.1) is 0 Å². The molecule has 3 aromatic rings. The van der Waals surface area contributed by atoms with Crippen molar-refractivity contribution in [2.45, 2.75) is 5.75 Å². The molecule has 5 nitrogen and oxygen atoms in total. The molecule has 0 atom stereocenters. The van der Waals surface area contributed by atoms with Gasteiger partial charge in [0.2, 0.25) is 0 Å². The Kier molecular flexibility index (Phi) is 4.73. The standard InChI is InChI=1S/C17H17N5S/c1-22-11-15-8-7-14(9-16(15)21-22)10-19-20-17(18)23-12-13-5-3-2-4-6-13/h2-11H,12H2,1H3,(H2,18,20). The molecule has 0 saturated heterocycles. The fourth-order valence-electron chi connectivity index (χ4n) is 2.15.